The smallest absolute Gasteiger partial charge is 0.395 e. The first-order valence-corrected chi connectivity index (χ1v) is 4.70. The zero-order chi connectivity index (χ0) is 13.5. The number of rotatable bonds is 7. The molecule has 0 radical (unpaired) electrons. The van der Waals surface area contributed by atoms with E-state index in [2.05, 4.69) is 0 Å². The van der Waals surface area contributed by atoms with Crippen LogP contribution in [0.15, 0.2) is 0 Å². The fourth-order valence-corrected chi connectivity index (χ4v) is 1.03. The highest BCUT2D eigenvalue weighted by atomic mass is 19.4. The molecule has 0 bridgehead atoms. The molecule has 0 spiro atoms. The molecule has 0 aromatic carbocycles. The Morgan fingerprint density at radius 1 is 1.35 bits per heavy atom. The van der Waals surface area contributed by atoms with Crippen LogP contribution in [0.3, 0.4) is 0 Å². The van der Waals surface area contributed by atoms with Gasteiger partial charge in [-0.3, -0.25) is 4.79 Å². The molecule has 0 unspecified atom stereocenters. The summed E-state index contributed by atoms with van der Waals surface area (Å²) in [6, 6.07) is 0. The molecule has 0 saturated heterocycles. The van der Waals surface area contributed by atoms with Gasteiger partial charge in [-0.25, -0.2) is 8.78 Å². The lowest BCUT2D eigenvalue weighted by Gasteiger charge is -2.21. The minimum atomic E-state index is -4.47. The average Bonchev–Trinajstić information content (AvgIpc) is 2.14. The molecule has 102 valence electrons. The summed E-state index contributed by atoms with van der Waals surface area (Å²) in [5.74, 6) is -0.913. The lowest BCUT2D eigenvalue weighted by Crippen LogP contribution is -2.43. The Morgan fingerprint density at radius 2 is 1.94 bits per heavy atom. The summed E-state index contributed by atoms with van der Waals surface area (Å²) in [4.78, 5) is 11.8. The third kappa shape index (κ3) is 8.81. The fourth-order valence-electron chi connectivity index (χ4n) is 1.03. The Labute approximate surface area is 94.4 Å². The molecule has 0 aliphatic rings. The summed E-state index contributed by atoms with van der Waals surface area (Å²) in [6.07, 6.45) is -7.27. The van der Waals surface area contributed by atoms with Crippen LogP contribution in [0.2, 0.25) is 0 Å². The maximum absolute atomic E-state index is 12.0. The van der Waals surface area contributed by atoms with Gasteiger partial charge in [-0.15, -0.1) is 0 Å². The van der Waals surface area contributed by atoms with Crippen molar-refractivity contribution in [3.05, 3.63) is 0 Å². The first-order valence-electron chi connectivity index (χ1n) is 4.70. The molecule has 0 aromatic heterocycles. The molecule has 0 atom stereocenters. The van der Waals surface area contributed by atoms with Crippen molar-refractivity contribution in [1.82, 2.24) is 10.2 Å². The number of nitrogens with zero attached hydrogens (tertiary/aromatic N) is 1. The van der Waals surface area contributed by atoms with Gasteiger partial charge in [0.25, 0.3) is 6.43 Å². The van der Waals surface area contributed by atoms with Gasteiger partial charge < -0.3 is 15.3 Å². The number of hydrogen-bond acceptors (Lipinski definition) is 3. The van der Waals surface area contributed by atoms with E-state index in [4.69, 9.17) is 5.11 Å². The van der Waals surface area contributed by atoms with Crippen molar-refractivity contribution >= 4 is 5.91 Å². The normalized spacial score (nSPS) is 11.9. The third-order valence-electron chi connectivity index (χ3n) is 1.68. The van der Waals surface area contributed by atoms with Gasteiger partial charge in [-0.2, -0.15) is 13.2 Å². The molecule has 0 rings (SSSR count). The van der Waals surface area contributed by atoms with Crippen LogP contribution in [-0.2, 0) is 4.79 Å². The quantitative estimate of drug-likeness (QED) is 0.647. The number of aliphatic hydroxyl groups is 1. The lowest BCUT2D eigenvalue weighted by atomic mass is 10.4. The van der Waals surface area contributed by atoms with Gasteiger partial charge in [0.1, 0.15) is 0 Å². The predicted octanol–water partition coefficient (Wildman–Crippen LogP) is 0.224. The zero-order valence-electron chi connectivity index (χ0n) is 8.81. The van der Waals surface area contributed by atoms with Crippen molar-refractivity contribution < 1.29 is 31.9 Å². The van der Waals surface area contributed by atoms with Gasteiger partial charge in [0.15, 0.2) is 0 Å². The van der Waals surface area contributed by atoms with Gasteiger partial charge in [-0.05, 0) is 0 Å². The first kappa shape index (κ1) is 16.0. The Hall–Kier alpha value is -0.960. The van der Waals surface area contributed by atoms with E-state index in [0.717, 1.165) is 0 Å². The molecule has 0 aliphatic heterocycles. The SMILES string of the molecule is O=C(CNCC(F)(F)F)N(CCO)CC(F)F. The molecular weight excluding hydrogens is 251 g/mol. The van der Waals surface area contributed by atoms with Crippen molar-refractivity contribution in [2.75, 3.05) is 32.8 Å². The number of amides is 1. The second-order valence-corrected chi connectivity index (χ2v) is 3.17. The van der Waals surface area contributed by atoms with Crippen LogP contribution in [0.4, 0.5) is 22.0 Å². The van der Waals surface area contributed by atoms with Gasteiger partial charge >= 0.3 is 6.18 Å². The van der Waals surface area contributed by atoms with Gasteiger partial charge in [0, 0.05) is 6.54 Å². The van der Waals surface area contributed by atoms with Crippen molar-refractivity contribution in [2.45, 2.75) is 12.6 Å². The molecule has 4 nitrogen and oxygen atoms in total. The minimum Gasteiger partial charge on any atom is -0.395 e. The van der Waals surface area contributed by atoms with E-state index in [0.29, 0.717) is 4.90 Å². The van der Waals surface area contributed by atoms with Crippen molar-refractivity contribution in [3.8, 4) is 0 Å². The zero-order valence-corrected chi connectivity index (χ0v) is 8.81. The summed E-state index contributed by atoms with van der Waals surface area (Å²) in [5.41, 5.74) is 0. The highest BCUT2D eigenvalue weighted by Crippen LogP contribution is 2.11. The fraction of sp³-hybridized carbons (Fsp3) is 0.875. The Bertz CT molecular complexity index is 234. The van der Waals surface area contributed by atoms with E-state index in [1.165, 1.54) is 0 Å². The Morgan fingerprint density at radius 3 is 2.35 bits per heavy atom. The average molecular weight is 264 g/mol. The number of carbonyl (C=O) groups is 1. The van der Waals surface area contributed by atoms with Crippen LogP contribution in [0.1, 0.15) is 0 Å². The molecule has 0 aliphatic carbocycles. The molecule has 0 aromatic rings. The number of carbonyl (C=O) groups excluding carboxylic acids is 1. The predicted molar refractivity (Wildman–Crippen MR) is 48.6 cm³/mol. The summed E-state index contributed by atoms with van der Waals surface area (Å²) >= 11 is 0. The van der Waals surface area contributed by atoms with Gasteiger partial charge in [-0.1, -0.05) is 0 Å². The largest absolute Gasteiger partial charge is 0.401 e. The van der Waals surface area contributed by atoms with Gasteiger partial charge in [0.2, 0.25) is 5.91 Å². The maximum Gasteiger partial charge on any atom is 0.401 e. The summed E-state index contributed by atoms with van der Waals surface area (Å²) in [7, 11) is 0. The molecule has 9 heteroatoms. The highest BCUT2D eigenvalue weighted by Gasteiger charge is 2.27. The number of nitrogens with one attached hydrogen (secondary N) is 1. The van der Waals surface area contributed by atoms with E-state index >= 15 is 0 Å². The molecule has 0 heterocycles. The third-order valence-corrected chi connectivity index (χ3v) is 1.68. The Kier molecular flexibility index (Phi) is 6.97. The molecular formula is C8H13F5N2O2. The number of aliphatic hydroxyl groups excluding tert-OH is 1. The summed E-state index contributed by atoms with van der Waals surface area (Å²) in [5, 5.41) is 10.3. The minimum absolute atomic E-state index is 0.336. The monoisotopic (exact) mass is 264 g/mol. The van der Waals surface area contributed by atoms with Crippen LogP contribution < -0.4 is 5.32 Å². The van der Waals surface area contributed by atoms with Crippen molar-refractivity contribution in [1.29, 1.82) is 0 Å². The van der Waals surface area contributed by atoms with Crippen LogP contribution in [-0.4, -0.2) is 61.3 Å². The first-order chi connectivity index (χ1) is 7.76. The summed E-state index contributed by atoms with van der Waals surface area (Å²) < 4.78 is 59.2. The van der Waals surface area contributed by atoms with Crippen molar-refractivity contribution in [2.24, 2.45) is 0 Å². The van der Waals surface area contributed by atoms with Crippen molar-refractivity contribution in [3.63, 3.8) is 0 Å². The van der Waals surface area contributed by atoms with Crippen LogP contribution in [0.25, 0.3) is 0 Å². The maximum atomic E-state index is 12.0. The van der Waals surface area contributed by atoms with Gasteiger partial charge in [0.05, 0.1) is 26.2 Å². The van der Waals surface area contributed by atoms with E-state index in [1.807, 2.05) is 0 Å². The van der Waals surface area contributed by atoms with E-state index in [-0.39, 0.29) is 6.54 Å². The molecule has 1 amide bonds. The van der Waals surface area contributed by atoms with E-state index < -0.39 is 44.8 Å². The molecule has 0 saturated carbocycles. The van der Waals surface area contributed by atoms with E-state index in [9.17, 15) is 26.7 Å². The molecule has 17 heavy (non-hydrogen) atoms. The number of halogens is 5. The molecule has 0 fully saturated rings. The standard InChI is InChI=1S/C8H13F5N2O2/c9-6(10)4-15(1-2-16)7(17)3-14-5-8(11,12)13/h6,14,16H,1-5H2. The second-order valence-electron chi connectivity index (χ2n) is 3.17. The Balaban J connectivity index is 4.05. The lowest BCUT2D eigenvalue weighted by molar-refractivity contribution is -0.136. The second kappa shape index (κ2) is 7.38. The van der Waals surface area contributed by atoms with Crippen LogP contribution >= 0.6 is 0 Å². The van der Waals surface area contributed by atoms with Crippen LogP contribution in [0, 0.1) is 0 Å². The van der Waals surface area contributed by atoms with Crippen LogP contribution in [0.5, 0.6) is 0 Å². The summed E-state index contributed by atoms with van der Waals surface area (Å²) in [6.45, 7) is -3.85. The number of hydrogen-bond donors (Lipinski definition) is 2. The topological polar surface area (TPSA) is 52.6 Å². The highest BCUT2D eigenvalue weighted by molar-refractivity contribution is 5.78. The molecule has 2 N–H and O–H groups in total. The number of alkyl halides is 5. The van der Waals surface area contributed by atoms with E-state index in [1.54, 1.807) is 5.32 Å².